The molecule has 0 fully saturated rings. The van der Waals surface area contributed by atoms with E-state index >= 15 is 0 Å². The average Bonchev–Trinajstić information content (AvgIpc) is 3.09. The third-order valence-electron chi connectivity index (χ3n) is 2.95. The molecule has 0 spiro atoms. The number of thiophene rings is 1. The quantitative estimate of drug-likeness (QED) is 0.805. The van der Waals surface area contributed by atoms with Crippen LogP contribution < -0.4 is 4.72 Å². The molecule has 1 unspecified atom stereocenters. The molecule has 2 N–H and O–H groups in total. The fraction of sp³-hybridized carbons (Fsp3) is 0.357. The first-order valence-electron chi connectivity index (χ1n) is 6.68. The van der Waals surface area contributed by atoms with Crippen molar-refractivity contribution in [3.63, 3.8) is 0 Å². The van der Waals surface area contributed by atoms with Crippen molar-refractivity contribution in [3.8, 4) is 0 Å². The summed E-state index contributed by atoms with van der Waals surface area (Å²) in [6.07, 6.45) is 0.631. The molecule has 0 amide bonds. The summed E-state index contributed by atoms with van der Waals surface area (Å²) in [5.74, 6) is -1.42. The zero-order chi connectivity index (χ0) is 16.3. The average molecular weight is 343 g/mol. The van der Waals surface area contributed by atoms with Gasteiger partial charge in [0.2, 0.25) is 10.9 Å². The number of nitrogens with one attached hydrogen (secondary N) is 1. The molecule has 0 aliphatic heterocycles. The van der Waals surface area contributed by atoms with Crippen LogP contribution in [0.1, 0.15) is 41.7 Å². The molecule has 0 saturated carbocycles. The van der Waals surface area contributed by atoms with Crippen molar-refractivity contribution in [2.75, 3.05) is 0 Å². The molecule has 0 aliphatic rings. The Morgan fingerprint density at radius 2 is 2.09 bits per heavy atom. The van der Waals surface area contributed by atoms with Gasteiger partial charge in [0.1, 0.15) is 0 Å². The van der Waals surface area contributed by atoms with Gasteiger partial charge in [-0.25, -0.2) is 17.9 Å². The zero-order valence-corrected chi connectivity index (χ0v) is 13.8. The predicted octanol–water partition coefficient (Wildman–Crippen LogP) is 3.11. The fourth-order valence-corrected chi connectivity index (χ4v) is 4.03. The summed E-state index contributed by atoms with van der Waals surface area (Å²) < 4.78 is 32.2. The lowest BCUT2D eigenvalue weighted by Gasteiger charge is -2.18. The van der Waals surface area contributed by atoms with Crippen LogP contribution in [0.2, 0.25) is 0 Å². The van der Waals surface area contributed by atoms with E-state index in [-0.39, 0.29) is 6.04 Å². The van der Waals surface area contributed by atoms with Crippen LogP contribution in [0.4, 0.5) is 0 Å². The Hall–Kier alpha value is -1.64. The third-order valence-corrected chi connectivity index (χ3v) is 5.28. The van der Waals surface area contributed by atoms with Crippen molar-refractivity contribution in [3.05, 3.63) is 40.3 Å². The van der Waals surface area contributed by atoms with Crippen LogP contribution in [0, 0.1) is 5.92 Å². The van der Waals surface area contributed by atoms with Gasteiger partial charge in [-0.1, -0.05) is 19.9 Å². The van der Waals surface area contributed by atoms with Gasteiger partial charge in [-0.2, -0.15) is 0 Å². The first-order valence-corrected chi connectivity index (χ1v) is 9.04. The van der Waals surface area contributed by atoms with Gasteiger partial charge in [0.15, 0.2) is 0 Å². The maximum atomic E-state index is 12.4. The van der Waals surface area contributed by atoms with E-state index in [1.807, 2.05) is 31.4 Å². The highest BCUT2D eigenvalue weighted by Crippen LogP contribution is 2.27. The minimum atomic E-state index is -3.92. The highest BCUT2D eigenvalue weighted by molar-refractivity contribution is 7.89. The number of carboxylic acids is 1. The van der Waals surface area contributed by atoms with Crippen molar-refractivity contribution in [2.45, 2.75) is 31.4 Å². The lowest BCUT2D eigenvalue weighted by atomic mass is 10.0. The van der Waals surface area contributed by atoms with E-state index in [2.05, 4.69) is 4.72 Å². The van der Waals surface area contributed by atoms with Gasteiger partial charge in [0, 0.05) is 4.88 Å². The number of sulfonamides is 1. The summed E-state index contributed by atoms with van der Waals surface area (Å²) in [7, 11) is -3.92. The third kappa shape index (κ3) is 3.96. The number of carboxylic acid groups (broad SMARTS) is 1. The number of hydrogen-bond donors (Lipinski definition) is 2. The second kappa shape index (κ2) is 6.64. The summed E-state index contributed by atoms with van der Waals surface area (Å²) in [4.78, 5) is 11.7. The standard InChI is InChI=1S/C14H17NO5S2/c1-9(2)8-10(12-4-3-7-21-12)15-22(18,19)13-6-5-11(20-13)14(16)17/h3-7,9-10,15H,8H2,1-2H3,(H,16,17). The van der Waals surface area contributed by atoms with Crippen molar-refractivity contribution >= 4 is 27.3 Å². The summed E-state index contributed by atoms with van der Waals surface area (Å²) >= 11 is 1.47. The van der Waals surface area contributed by atoms with E-state index in [9.17, 15) is 13.2 Å². The molecule has 2 rings (SSSR count). The van der Waals surface area contributed by atoms with Crippen LogP contribution in [-0.2, 0) is 10.0 Å². The molecule has 0 saturated heterocycles. The van der Waals surface area contributed by atoms with Crippen LogP contribution in [0.15, 0.2) is 39.2 Å². The van der Waals surface area contributed by atoms with E-state index in [4.69, 9.17) is 9.52 Å². The first-order chi connectivity index (χ1) is 10.3. The highest BCUT2D eigenvalue weighted by Gasteiger charge is 2.26. The molecule has 2 aromatic heterocycles. The van der Waals surface area contributed by atoms with Gasteiger partial charge in [0.05, 0.1) is 6.04 Å². The Bertz CT molecular complexity index is 731. The molecule has 0 radical (unpaired) electrons. The van der Waals surface area contributed by atoms with Crippen LogP contribution in [0.5, 0.6) is 0 Å². The van der Waals surface area contributed by atoms with Crippen molar-refractivity contribution in [2.24, 2.45) is 5.92 Å². The molecule has 22 heavy (non-hydrogen) atoms. The Balaban J connectivity index is 2.25. The molecule has 2 aromatic rings. The summed E-state index contributed by atoms with van der Waals surface area (Å²) in [6, 6.07) is 5.62. The molecular weight excluding hydrogens is 326 g/mol. The largest absolute Gasteiger partial charge is 0.475 e. The Morgan fingerprint density at radius 3 is 2.59 bits per heavy atom. The molecule has 2 heterocycles. The predicted molar refractivity (Wildman–Crippen MR) is 82.5 cm³/mol. The van der Waals surface area contributed by atoms with Gasteiger partial charge in [0.25, 0.3) is 10.0 Å². The molecule has 6 nitrogen and oxygen atoms in total. The first kappa shape index (κ1) is 16.7. The monoisotopic (exact) mass is 343 g/mol. The molecule has 0 aromatic carbocycles. The summed E-state index contributed by atoms with van der Waals surface area (Å²) in [6.45, 7) is 4.01. The smallest absolute Gasteiger partial charge is 0.371 e. The van der Waals surface area contributed by atoms with Crippen molar-refractivity contribution < 1.29 is 22.7 Å². The Labute approximate surface area is 132 Å². The van der Waals surface area contributed by atoms with Crippen LogP contribution in [0.3, 0.4) is 0 Å². The molecule has 120 valence electrons. The van der Waals surface area contributed by atoms with Gasteiger partial charge in [-0.15, -0.1) is 11.3 Å². The van der Waals surface area contributed by atoms with Gasteiger partial charge < -0.3 is 9.52 Å². The van der Waals surface area contributed by atoms with Gasteiger partial charge >= 0.3 is 5.97 Å². The van der Waals surface area contributed by atoms with Gasteiger partial charge in [-0.3, -0.25) is 0 Å². The summed E-state index contributed by atoms with van der Waals surface area (Å²) in [5, 5.41) is 10.3. The molecule has 1 atom stereocenters. The maximum Gasteiger partial charge on any atom is 0.371 e. The topological polar surface area (TPSA) is 96.6 Å². The normalized spacial score (nSPS) is 13.4. The number of hydrogen-bond acceptors (Lipinski definition) is 5. The van der Waals surface area contributed by atoms with E-state index in [1.54, 1.807) is 0 Å². The maximum absolute atomic E-state index is 12.4. The van der Waals surface area contributed by atoms with Crippen LogP contribution in [0.25, 0.3) is 0 Å². The highest BCUT2D eigenvalue weighted by atomic mass is 32.2. The Morgan fingerprint density at radius 1 is 1.36 bits per heavy atom. The van der Waals surface area contributed by atoms with Crippen molar-refractivity contribution in [1.82, 2.24) is 4.72 Å². The zero-order valence-electron chi connectivity index (χ0n) is 12.1. The second-order valence-corrected chi connectivity index (χ2v) is 7.87. The van der Waals surface area contributed by atoms with E-state index in [1.165, 1.54) is 11.3 Å². The van der Waals surface area contributed by atoms with E-state index < -0.39 is 26.8 Å². The molecule has 0 bridgehead atoms. The number of furan rings is 1. The molecular formula is C14H17NO5S2. The number of rotatable bonds is 7. The van der Waals surface area contributed by atoms with Gasteiger partial charge in [-0.05, 0) is 35.9 Å². The van der Waals surface area contributed by atoms with Crippen molar-refractivity contribution in [1.29, 1.82) is 0 Å². The lowest BCUT2D eigenvalue weighted by molar-refractivity contribution is 0.0656. The van der Waals surface area contributed by atoms with Crippen LogP contribution in [-0.4, -0.2) is 19.5 Å². The second-order valence-electron chi connectivity index (χ2n) is 5.24. The fourth-order valence-electron chi connectivity index (χ4n) is 2.01. The number of carbonyl (C=O) groups is 1. The molecule has 0 aliphatic carbocycles. The summed E-state index contributed by atoms with van der Waals surface area (Å²) in [5.41, 5.74) is 0. The van der Waals surface area contributed by atoms with E-state index in [0.29, 0.717) is 12.3 Å². The van der Waals surface area contributed by atoms with Crippen LogP contribution >= 0.6 is 11.3 Å². The molecule has 8 heteroatoms. The minimum Gasteiger partial charge on any atom is -0.475 e. The SMILES string of the molecule is CC(C)CC(NS(=O)(=O)c1ccc(C(=O)O)o1)c1cccs1. The number of aromatic carboxylic acids is 1. The minimum absolute atomic E-state index is 0.293. The van der Waals surface area contributed by atoms with E-state index in [0.717, 1.165) is 17.0 Å². The lowest BCUT2D eigenvalue weighted by Crippen LogP contribution is -2.29. The Kier molecular flexibility index (Phi) is 5.05.